The summed E-state index contributed by atoms with van der Waals surface area (Å²) in [7, 11) is 0. The standard InChI is InChI=1S/C24H28N2O6S/c1-4-30-24(29)21-14(2)22(15(3)27)33-23(21)25-20(28)13-26-9-5-6-17(26)16-7-8-18-19(12-16)32-11-10-31-18/h7-8,12,17H,4-6,9-11,13H2,1-3H3,(H,25,28)/t17-/m1/s1. The second-order valence-electron chi connectivity index (χ2n) is 8.12. The molecule has 2 aliphatic heterocycles. The van der Waals surface area contributed by atoms with E-state index in [1.54, 1.807) is 13.8 Å². The molecule has 8 nitrogen and oxygen atoms in total. The van der Waals surface area contributed by atoms with Crippen LogP contribution in [0.15, 0.2) is 18.2 Å². The molecule has 33 heavy (non-hydrogen) atoms. The molecule has 2 aliphatic rings. The van der Waals surface area contributed by atoms with Gasteiger partial charge in [-0.05, 0) is 63.4 Å². The quantitative estimate of drug-likeness (QED) is 0.481. The summed E-state index contributed by atoms with van der Waals surface area (Å²) < 4.78 is 16.5. The molecule has 2 aromatic rings. The minimum absolute atomic E-state index is 0.0916. The van der Waals surface area contributed by atoms with Crippen LogP contribution in [0.4, 0.5) is 5.00 Å². The van der Waals surface area contributed by atoms with Crippen molar-refractivity contribution in [3.05, 3.63) is 39.8 Å². The fourth-order valence-corrected chi connectivity index (χ4v) is 5.50. The molecule has 1 aromatic heterocycles. The number of anilines is 1. The van der Waals surface area contributed by atoms with Crippen LogP contribution in [0.5, 0.6) is 11.5 Å². The maximum Gasteiger partial charge on any atom is 0.341 e. The molecule has 3 heterocycles. The van der Waals surface area contributed by atoms with Gasteiger partial charge in [0.15, 0.2) is 17.3 Å². The fourth-order valence-electron chi connectivity index (χ4n) is 4.40. The molecule has 9 heteroatoms. The lowest BCUT2D eigenvalue weighted by atomic mass is 10.0. The third kappa shape index (κ3) is 4.89. The number of carbonyl (C=O) groups is 3. The maximum atomic E-state index is 13.0. The Kier molecular flexibility index (Phi) is 6.99. The van der Waals surface area contributed by atoms with Crippen molar-refractivity contribution in [2.45, 2.75) is 39.7 Å². The molecule has 1 aromatic carbocycles. The van der Waals surface area contributed by atoms with Gasteiger partial charge in [-0.3, -0.25) is 14.5 Å². The molecule has 1 saturated heterocycles. The van der Waals surface area contributed by atoms with E-state index in [-0.39, 0.29) is 36.4 Å². The summed E-state index contributed by atoms with van der Waals surface area (Å²) in [6.07, 6.45) is 1.92. The van der Waals surface area contributed by atoms with Gasteiger partial charge in [0, 0.05) is 6.04 Å². The van der Waals surface area contributed by atoms with Crippen molar-refractivity contribution in [2.75, 3.05) is 38.2 Å². The average Bonchev–Trinajstić information content (AvgIpc) is 3.37. The molecular formula is C24H28N2O6S. The predicted molar refractivity (Wildman–Crippen MR) is 125 cm³/mol. The topological polar surface area (TPSA) is 94.2 Å². The number of esters is 1. The number of Topliss-reactive ketones (excluding diaryl/α,β-unsaturated/α-hetero) is 1. The Balaban J connectivity index is 1.50. The Hall–Kier alpha value is -2.91. The van der Waals surface area contributed by atoms with Crippen molar-refractivity contribution in [1.29, 1.82) is 0 Å². The molecule has 1 N–H and O–H groups in total. The van der Waals surface area contributed by atoms with E-state index in [2.05, 4.69) is 10.2 Å². The molecule has 0 bridgehead atoms. The van der Waals surface area contributed by atoms with E-state index in [1.807, 2.05) is 18.2 Å². The highest BCUT2D eigenvalue weighted by Crippen LogP contribution is 2.38. The summed E-state index contributed by atoms with van der Waals surface area (Å²) in [5.74, 6) is 0.556. The highest BCUT2D eigenvalue weighted by molar-refractivity contribution is 7.18. The highest BCUT2D eigenvalue weighted by Gasteiger charge is 2.30. The normalized spacial score (nSPS) is 17.6. The zero-order valence-corrected chi connectivity index (χ0v) is 19.9. The minimum Gasteiger partial charge on any atom is -0.486 e. The maximum absolute atomic E-state index is 13.0. The van der Waals surface area contributed by atoms with Crippen LogP contribution in [0.25, 0.3) is 0 Å². The average molecular weight is 473 g/mol. The molecule has 0 spiro atoms. The Labute approximate surface area is 196 Å². The molecule has 0 aliphatic carbocycles. The van der Waals surface area contributed by atoms with E-state index in [1.165, 1.54) is 6.92 Å². The van der Waals surface area contributed by atoms with Crippen LogP contribution in [0.1, 0.15) is 63.9 Å². The van der Waals surface area contributed by atoms with Gasteiger partial charge in [-0.1, -0.05) is 6.07 Å². The van der Waals surface area contributed by atoms with Crippen LogP contribution >= 0.6 is 11.3 Å². The van der Waals surface area contributed by atoms with Crippen LogP contribution < -0.4 is 14.8 Å². The molecule has 1 fully saturated rings. The second kappa shape index (κ2) is 9.93. The van der Waals surface area contributed by atoms with E-state index in [4.69, 9.17) is 14.2 Å². The first-order valence-corrected chi connectivity index (χ1v) is 12.0. The highest BCUT2D eigenvalue weighted by atomic mass is 32.1. The third-order valence-corrected chi connectivity index (χ3v) is 7.17. The smallest absolute Gasteiger partial charge is 0.341 e. The van der Waals surface area contributed by atoms with Crippen molar-refractivity contribution in [3.63, 3.8) is 0 Å². The SMILES string of the molecule is CCOC(=O)c1c(NC(=O)CN2CCC[C@@H]2c2ccc3c(c2)OCCO3)sc(C(C)=O)c1C. The largest absolute Gasteiger partial charge is 0.486 e. The number of rotatable bonds is 7. The molecule has 176 valence electrons. The zero-order chi connectivity index (χ0) is 23.5. The van der Waals surface area contributed by atoms with Crippen molar-refractivity contribution in [1.82, 2.24) is 4.90 Å². The summed E-state index contributed by atoms with van der Waals surface area (Å²) >= 11 is 1.12. The predicted octanol–water partition coefficient (Wildman–Crippen LogP) is 3.98. The van der Waals surface area contributed by atoms with Crippen LogP contribution in [0, 0.1) is 6.92 Å². The number of ether oxygens (including phenoxy) is 3. The number of amides is 1. The van der Waals surface area contributed by atoms with Gasteiger partial charge in [0.25, 0.3) is 0 Å². The fraction of sp³-hybridized carbons (Fsp3) is 0.458. The number of hydrogen-bond donors (Lipinski definition) is 1. The zero-order valence-electron chi connectivity index (χ0n) is 19.1. The summed E-state index contributed by atoms with van der Waals surface area (Å²) in [6.45, 7) is 7.11. The third-order valence-electron chi connectivity index (χ3n) is 5.86. The van der Waals surface area contributed by atoms with E-state index in [0.717, 1.165) is 47.8 Å². The number of benzene rings is 1. The van der Waals surface area contributed by atoms with Gasteiger partial charge in [-0.25, -0.2) is 4.79 Å². The summed E-state index contributed by atoms with van der Waals surface area (Å²) in [5, 5.41) is 3.21. The number of nitrogens with one attached hydrogen (secondary N) is 1. The van der Waals surface area contributed by atoms with Crippen LogP contribution in [-0.4, -0.2) is 55.5 Å². The Morgan fingerprint density at radius 3 is 2.70 bits per heavy atom. The molecular weight excluding hydrogens is 444 g/mol. The van der Waals surface area contributed by atoms with E-state index in [9.17, 15) is 14.4 Å². The van der Waals surface area contributed by atoms with Gasteiger partial charge in [0.1, 0.15) is 18.2 Å². The van der Waals surface area contributed by atoms with Crippen LogP contribution in [0.2, 0.25) is 0 Å². The van der Waals surface area contributed by atoms with Crippen molar-refractivity contribution in [3.8, 4) is 11.5 Å². The minimum atomic E-state index is -0.538. The first-order chi connectivity index (χ1) is 15.9. The number of likely N-dealkylation sites (tertiary alicyclic amines) is 1. The monoisotopic (exact) mass is 472 g/mol. The Morgan fingerprint density at radius 1 is 1.21 bits per heavy atom. The van der Waals surface area contributed by atoms with Crippen molar-refractivity contribution in [2.24, 2.45) is 0 Å². The first-order valence-electron chi connectivity index (χ1n) is 11.1. The number of carbonyl (C=O) groups excluding carboxylic acids is 3. The Morgan fingerprint density at radius 2 is 1.97 bits per heavy atom. The van der Waals surface area contributed by atoms with Gasteiger partial charge in [-0.2, -0.15) is 0 Å². The number of hydrogen-bond acceptors (Lipinski definition) is 8. The molecule has 1 atom stereocenters. The van der Waals surface area contributed by atoms with E-state index >= 15 is 0 Å². The molecule has 1 amide bonds. The number of thiophene rings is 1. The lowest BCUT2D eigenvalue weighted by molar-refractivity contribution is -0.117. The molecule has 0 radical (unpaired) electrons. The van der Waals surface area contributed by atoms with Crippen LogP contribution in [-0.2, 0) is 9.53 Å². The molecule has 4 rings (SSSR count). The van der Waals surface area contributed by atoms with Gasteiger partial charge in [-0.15, -0.1) is 11.3 Å². The molecule has 0 unspecified atom stereocenters. The summed E-state index contributed by atoms with van der Waals surface area (Å²) in [6, 6.07) is 6.03. The first kappa shape index (κ1) is 23.3. The van der Waals surface area contributed by atoms with Gasteiger partial charge in [0.2, 0.25) is 5.91 Å². The number of ketones is 1. The van der Waals surface area contributed by atoms with Gasteiger partial charge >= 0.3 is 5.97 Å². The number of nitrogens with zero attached hydrogens (tertiary/aromatic N) is 1. The molecule has 0 saturated carbocycles. The Bertz CT molecular complexity index is 1080. The van der Waals surface area contributed by atoms with E-state index < -0.39 is 5.97 Å². The summed E-state index contributed by atoms with van der Waals surface area (Å²) in [4.78, 5) is 40.0. The van der Waals surface area contributed by atoms with Gasteiger partial charge < -0.3 is 19.5 Å². The number of fused-ring (bicyclic) bond motifs is 1. The van der Waals surface area contributed by atoms with Gasteiger partial charge in [0.05, 0.1) is 23.6 Å². The second-order valence-corrected chi connectivity index (χ2v) is 9.14. The van der Waals surface area contributed by atoms with Crippen LogP contribution in [0.3, 0.4) is 0 Å². The van der Waals surface area contributed by atoms with Crippen molar-refractivity contribution < 1.29 is 28.6 Å². The van der Waals surface area contributed by atoms with E-state index in [0.29, 0.717) is 28.7 Å². The lowest BCUT2D eigenvalue weighted by Crippen LogP contribution is -2.33. The summed E-state index contributed by atoms with van der Waals surface area (Å²) in [5.41, 5.74) is 1.88. The van der Waals surface area contributed by atoms with Crippen molar-refractivity contribution >= 4 is 34.0 Å². The lowest BCUT2D eigenvalue weighted by Gasteiger charge is -2.26.